The van der Waals surface area contributed by atoms with Crippen molar-refractivity contribution in [3.63, 3.8) is 0 Å². The van der Waals surface area contributed by atoms with Crippen molar-refractivity contribution >= 4 is 5.82 Å². The fourth-order valence-electron chi connectivity index (χ4n) is 2.85. The van der Waals surface area contributed by atoms with Gasteiger partial charge in [-0.15, -0.1) is 0 Å². The van der Waals surface area contributed by atoms with Gasteiger partial charge >= 0.3 is 0 Å². The number of nitrogens with two attached hydrogens (primary N) is 1. The highest BCUT2D eigenvalue weighted by molar-refractivity contribution is 5.71. The standard InChI is InChI=1S/C15H19N3/c1-10-5-3-7-12(9-10)14-15(16)18-11(2)6-4-8-13(18)17-14/h3,5,7,9,11H,4,6,8,16H2,1-2H3. The van der Waals surface area contributed by atoms with Crippen molar-refractivity contribution in [3.8, 4) is 11.3 Å². The maximum Gasteiger partial charge on any atom is 0.131 e. The van der Waals surface area contributed by atoms with Gasteiger partial charge in [0.05, 0.1) is 0 Å². The second kappa shape index (κ2) is 4.16. The molecule has 1 unspecified atom stereocenters. The molecule has 18 heavy (non-hydrogen) atoms. The predicted molar refractivity (Wildman–Crippen MR) is 74.5 cm³/mol. The normalized spacial score (nSPS) is 18.7. The summed E-state index contributed by atoms with van der Waals surface area (Å²) in [5.41, 5.74) is 9.61. The van der Waals surface area contributed by atoms with Crippen LogP contribution in [0.4, 0.5) is 5.82 Å². The van der Waals surface area contributed by atoms with Crippen molar-refractivity contribution in [2.75, 3.05) is 5.73 Å². The molecule has 3 heteroatoms. The Morgan fingerprint density at radius 1 is 1.39 bits per heavy atom. The minimum atomic E-state index is 0.472. The van der Waals surface area contributed by atoms with Gasteiger partial charge < -0.3 is 10.3 Å². The Kier molecular flexibility index (Phi) is 2.62. The Morgan fingerprint density at radius 2 is 2.22 bits per heavy atom. The zero-order chi connectivity index (χ0) is 12.7. The largest absolute Gasteiger partial charge is 0.383 e. The third-order valence-corrected chi connectivity index (χ3v) is 3.78. The first kappa shape index (κ1) is 11.3. The second-order valence-corrected chi connectivity index (χ2v) is 5.24. The number of rotatable bonds is 1. The number of nitrogen functional groups attached to an aromatic ring is 1. The lowest BCUT2D eigenvalue weighted by molar-refractivity contribution is 0.430. The van der Waals surface area contributed by atoms with E-state index < -0.39 is 0 Å². The van der Waals surface area contributed by atoms with Crippen LogP contribution in [0.1, 0.15) is 37.2 Å². The van der Waals surface area contributed by atoms with Gasteiger partial charge in [-0.1, -0.05) is 23.8 Å². The molecule has 0 radical (unpaired) electrons. The second-order valence-electron chi connectivity index (χ2n) is 5.24. The molecule has 0 fully saturated rings. The highest BCUT2D eigenvalue weighted by atomic mass is 15.2. The van der Waals surface area contributed by atoms with Crippen LogP contribution < -0.4 is 5.73 Å². The molecule has 94 valence electrons. The van der Waals surface area contributed by atoms with Crippen LogP contribution in [0.15, 0.2) is 24.3 Å². The third-order valence-electron chi connectivity index (χ3n) is 3.78. The number of aromatic nitrogens is 2. The van der Waals surface area contributed by atoms with Gasteiger partial charge in [-0.05, 0) is 32.8 Å². The van der Waals surface area contributed by atoms with Gasteiger partial charge in [0.15, 0.2) is 0 Å². The molecular weight excluding hydrogens is 222 g/mol. The van der Waals surface area contributed by atoms with E-state index in [4.69, 9.17) is 10.7 Å². The Balaban J connectivity index is 2.14. The molecule has 1 atom stereocenters. The Labute approximate surface area is 108 Å². The highest BCUT2D eigenvalue weighted by Gasteiger charge is 2.23. The van der Waals surface area contributed by atoms with E-state index in [-0.39, 0.29) is 0 Å². The molecule has 0 amide bonds. The number of imidazole rings is 1. The smallest absolute Gasteiger partial charge is 0.131 e. The van der Waals surface area contributed by atoms with Crippen LogP contribution in [0.3, 0.4) is 0 Å². The van der Waals surface area contributed by atoms with Crippen LogP contribution in [-0.4, -0.2) is 9.55 Å². The molecular formula is C15H19N3. The summed E-state index contributed by atoms with van der Waals surface area (Å²) in [5.74, 6) is 1.96. The number of anilines is 1. The number of aryl methyl sites for hydroxylation is 2. The summed E-state index contributed by atoms with van der Waals surface area (Å²) >= 11 is 0. The predicted octanol–water partition coefficient (Wildman–Crippen LogP) is 3.34. The van der Waals surface area contributed by atoms with Crippen molar-refractivity contribution in [2.45, 2.75) is 39.2 Å². The Hall–Kier alpha value is -1.77. The molecule has 3 nitrogen and oxygen atoms in total. The van der Waals surface area contributed by atoms with Crippen molar-refractivity contribution in [1.29, 1.82) is 0 Å². The maximum atomic E-state index is 6.30. The molecule has 0 bridgehead atoms. The molecule has 0 saturated heterocycles. The minimum Gasteiger partial charge on any atom is -0.383 e. The molecule has 0 spiro atoms. The van der Waals surface area contributed by atoms with Gasteiger partial charge in [-0.3, -0.25) is 0 Å². The Morgan fingerprint density at radius 3 is 2.94 bits per heavy atom. The maximum absolute atomic E-state index is 6.30. The Bertz CT molecular complexity index is 583. The zero-order valence-corrected chi connectivity index (χ0v) is 11.0. The van der Waals surface area contributed by atoms with Crippen LogP contribution in [0.5, 0.6) is 0 Å². The average Bonchev–Trinajstić information content (AvgIpc) is 2.68. The summed E-state index contributed by atoms with van der Waals surface area (Å²) in [7, 11) is 0. The van der Waals surface area contributed by atoms with Crippen LogP contribution >= 0.6 is 0 Å². The topological polar surface area (TPSA) is 43.8 Å². The van der Waals surface area contributed by atoms with Crippen LogP contribution in [0.25, 0.3) is 11.3 Å². The first-order chi connectivity index (χ1) is 8.66. The van der Waals surface area contributed by atoms with Crippen LogP contribution in [0.2, 0.25) is 0 Å². The summed E-state index contributed by atoms with van der Waals surface area (Å²) in [5, 5.41) is 0. The third kappa shape index (κ3) is 1.70. The molecule has 2 N–H and O–H groups in total. The van der Waals surface area contributed by atoms with Gasteiger partial charge in [0, 0.05) is 18.0 Å². The van der Waals surface area contributed by atoms with Gasteiger partial charge in [0.2, 0.25) is 0 Å². The quantitative estimate of drug-likeness (QED) is 0.832. The first-order valence-electron chi connectivity index (χ1n) is 6.60. The van der Waals surface area contributed by atoms with E-state index in [2.05, 4.69) is 42.7 Å². The number of hydrogen-bond donors (Lipinski definition) is 1. The summed E-state index contributed by atoms with van der Waals surface area (Å²) in [4.78, 5) is 4.75. The molecule has 0 saturated carbocycles. The number of fused-ring (bicyclic) bond motifs is 1. The number of benzene rings is 1. The lowest BCUT2D eigenvalue weighted by Crippen LogP contribution is -2.16. The fraction of sp³-hybridized carbons (Fsp3) is 0.400. The van der Waals surface area contributed by atoms with E-state index in [0.717, 1.165) is 29.3 Å². The summed E-state index contributed by atoms with van der Waals surface area (Å²) in [6, 6.07) is 8.86. The van der Waals surface area contributed by atoms with Crippen molar-refractivity contribution in [3.05, 3.63) is 35.7 Å². The average molecular weight is 241 g/mol. The van der Waals surface area contributed by atoms with Gasteiger partial charge in [-0.2, -0.15) is 0 Å². The van der Waals surface area contributed by atoms with Gasteiger partial charge in [0.1, 0.15) is 17.3 Å². The van der Waals surface area contributed by atoms with E-state index in [1.165, 1.54) is 18.4 Å². The summed E-state index contributed by atoms with van der Waals surface area (Å²) in [6.45, 7) is 4.32. The van der Waals surface area contributed by atoms with Crippen LogP contribution in [0, 0.1) is 6.92 Å². The molecule has 1 aromatic carbocycles. The number of hydrogen-bond acceptors (Lipinski definition) is 2. The molecule has 0 aliphatic carbocycles. The SMILES string of the molecule is Cc1cccc(-c2nc3n(c2N)C(C)CCC3)c1. The van der Waals surface area contributed by atoms with Crippen molar-refractivity contribution in [1.82, 2.24) is 9.55 Å². The fourth-order valence-corrected chi connectivity index (χ4v) is 2.85. The molecule has 2 heterocycles. The van der Waals surface area contributed by atoms with Gasteiger partial charge in [0.25, 0.3) is 0 Å². The van der Waals surface area contributed by atoms with E-state index in [9.17, 15) is 0 Å². The highest BCUT2D eigenvalue weighted by Crippen LogP contribution is 2.34. The molecule has 3 rings (SSSR count). The zero-order valence-electron chi connectivity index (χ0n) is 11.0. The monoisotopic (exact) mass is 241 g/mol. The molecule has 2 aromatic rings. The van der Waals surface area contributed by atoms with Crippen molar-refractivity contribution in [2.24, 2.45) is 0 Å². The molecule has 1 aliphatic rings. The minimum absolute atomic E-state index is 0.472. The first-order valence-corrected chi connectivity index (χ1v) is 6.60. The van der Waals surface area contributed by atoms with E-state index >= 15 is 0 Å². The van der Waals surface area contributed by atoms with E-state index in [0.29, 0.717) is 6.04 Å². The van der Waals surface area contributed by atoms with Gasteiger partial charge in [-0.25, -0.2) is 4.98 Å². The van der Waals surface area contributed by atoms with E-state index in [1.54, 1.807) is 0 Å². The molecule has 1 aliphatic heterocycles. The summed E-state index contributed by atoms with van der Waals surface area (Å²) in [6.07, 6.45) is 3.45. The number of nitrogens with zero attached hydrogens (tertiary/aromatic N) is 2. The van der Waals surface area contributed by atoms with Crippen LogP contribution in [-0.2, 0) is 6.42 Å². The lowest BCUT2D eigenvalue weighted by Gasteiger charge is -2.22. The van der Waals surface area contributed by atoms with E-state index in [1.807, 2.05) is 0 Å². The summed E-state index contributed by atoms with van der Waals surface area (Å²) < 4.78 is 2.21. The van der Waals surface area contributed by atoms with Crippen molar-refractivity contribution < 1.29 is 0 Å². The molecule has 1 aromatic heterocycles. The lowest BCUT2D eigenvalue weighted by atomic mass is 10.1.